The van der Waals surface area contributed by atoms with Crippen molar-refractivity contribution in [3.8, 4) is 0 Å². The van der Waals surface area contributed by atoms with Crippen molar-refractivity contribution in [2.75, 3.05) is 55.7 Å². The van der Waals surface area contributed by atoms with Gasteiger partial charge in [0.1, 0.15) is 0 Å². The predicted octanol–water partition coefficient (Wildman–Crippen LogP) is 3.70. The molecule has 0 amide bonds. The fourth-order valence-electron chi connectivity index (χ4n) is 3.62. The minimum Gasteiger partial charge on any atom is -0.369 e. The minimum absolute atomic E-state index is 0.565. The van der Waals surface area contributed by atoms with Gasteiger partial charge >= 0.3 is 6.18 Å². The van der Waals surface area contributed by atoms with E-state index in [0.29, 0.717) is 11.7 Å². The predicted molar refractivity (Wildman–Crippen MR) is 103 cm³/mol. The van der Waals surface area contributed by atoms with Gasteiger partial charge in [-0.25, -0.2) is 0 Å². The molecule has 2 heterocycles. The van der Waals surface area contributed by atoms with Crippen molar-refractivity contribution in [1.29, 1.82) is 0 Å². The van der Waals surface area contributed by atoms with Crippen molar-refractivity contribution in [2.45, 2.75) is 31.5 Å². The molecule has 0 aromatic heterocycles. The monoisotopic (exact) mass is 387 g/mol. The van der Waals surface area contributed by atoms with E-state index in [4.69, 9.17) is 0 Å². The maximum absolute atomic E-state index is 12.9. The Labute approximate surface area is 158 Å². The van der Waals surface area contributed by atoms with Gasteiger partial charge in [0.15, 0.2) is 0 Å². The number of nitrogens with one attached hydrogen (secondary N) is 1. The van der Waals surface area contributed by atoms with Crippen molar-refractivity contribution < 1.29 is 13.2 Å². The molecule has 0 saturated carbocycles. The van der Waals surface area contributed by atoms with Gasteiger partial charge in [-0.2, -0.15) is 24.9 Å². The SMILES string of the molecule is FC(F)(F)c1cccc(N2CCN(CCCNC3CCSCC3)CC2)c1. The largest absolute Gasteiger partial charge is 0.416 e. The molecule has 2 saturated heterocycles. The van der Waals surface area contributed by atoms with Gasteiger partial charge < -0.3 is 10.2 Å². The van der Waals surface area contributed by atoms with Crippen LogP contribution in [-0.2, 0) is 6.18 Å². The Bertz CT molecular complexity index is 553. The maximum atomic E-state index is 12.9. The lowest BCUT2D eigenvalue weighted by Gasteiger charge is -2.36. The molecule has 0 unspecified atom stereocenters. The van der Waals surface area contributed by atoms with Gasteiger partial charge in [0, 0.05) is 37.9 Å². The lowest BCUT2D eigenvalue weighted by molar-refractivity contribution is -0.137. The van der Waals surface area contributed by atoms with Crippen molar-refractivity contribution in [1.82, 2.24) is 10.2 Å². The van der Waals surface area contributed by atoms with Crippen LogP contribution in [-0.4, -0.2) is 61.7 Å². The zero-order valence-electron chi connectivity index (χ0n) is 15.1. The number of hydrogen-bond donors (Lipinski definition) is 1. The number of benzene rings is 1. The first-order valence-electron chi connectivity index (χ1n) is 9.48. The first kappa shape index (κ1) is 19.8. The smallest absolute Gasteiger partial charge is 0.369 e. The van der Waals surface area contributed by atoms with Crippen molar-refractivity contribution in [3.05, 3.63) is 29.8 Å². The van der Waals surface area contributed by atoms with E-state index in [1.165, 1.54) is 36.5 Å². The van der Waals surface area contributed by atoms with E-state index in [2.05, 4.69) is 15.1 Å². The van der Waals surface area contributed by atoms with Crippen LogP contribution in [0, 0.1) is 0 Å². The maximum Gasteiger partial charge on any atom is 0.416 e. The molecule has 3 rings (SSSR count). The summed E-state index contributed by atoms with van der Waals surface area (Å²) >= 11 is 2.05. The molecule has 2 aliphatic rings. The number of alkyl halides is 3. The first-order valence-corrected chi connectivity index (χ1v) is 10.6. The number of rotatable bonds is 6. The molecule has 0 bridgehead atoms. The molecule has 0 aliphatic carbocycles. The van der Waals surface area contributed by atoms with Crippen LogP contribution in [0.1, 0.15) is 24.8 Å². The fourth-order valence-corrected chi connectivity index (χ4v) is 4.73. The lowest BCUT2D eigenvalue weighted by Crippen LogP contribution is -2.47. The summed E-state index contributed by atoms with van der Waals surface area (Å²) in [5.41, 5.74) is 0.112. The van der Waals surface area contributed by atoms with Gasteiger partial charge in [-0.3, -0.25) is 4.90 Å². The molecule has 0 radical (unpaired) electrons. The van der Waals surface area contributed by atoms with Crippen LogP contribution in [0.2, 0.25) is 0 Å². The van der Waals surface area contributed by atoms with E-state index in [1.807, 2.05) is 11.8 Å². The van der Waals surface area contributed by atoms with Crippen LogP contribution in [0.15, 0.2) is 24.3 Å². The molecule has 26 heavy (non-hydrogen) atoms. The van der Waals surface area contributed by atoms with Gasteiger partial charge in [0.05, 0.1) is 5.56 Å². The summed E-state index contributed by atoms with van der Waals surface area (Å²) in [6.07, 6.45) is -0.588. The average Bonchev–Trinajstić information content (AvgIpc) is 2.66. The highest BCUT2D eigenvalue weighted by molar-refractivity contribution is 7.99. The summed E-state index contributed by atoms with van der Waals surface area (Å²) in [7, 11) is 0. The second kappa shape index (κ2) is 9.33. The van der Waals surface area contributed by atoms with Crippen LogP contribution in [0.25, 0.3) is 0 Å². The molecule has 1 N–H and O–H groups in total. The van der Waals surface area contributed by atoms with Crippen LogP contribution < -0.4 is 10.2 Å². The molecular weight excluding hydrogens is 359 g/mol. The average molecular weight is 388 g/mol. The molecule has 0 spiro atoms. The number of piperazine rings is 1. The van der Waals surface area contributed by atoms with E-state index >= 15 is 0 Å². The Morgan fingerprint density at radius 3 is 2.50 bits per heavy atom. The van der Waals surface area contributed by atoms with Gasteiger partial charge in [0.25, 0.3) is 0 Å². The van der Waals surface area contributed by atoms with Crippen LogP contribution in [0.3, 0.4) is 0 Å². The minimum atomic E-state index is -4.28. The number of thioether (sulfide) groups is 1. The summed E-state index contributed by atoms with van der Waals surface area (Å²) < 4.78 is 38.6. The molecule has 3 nitrogen and oxygen atoms in total. The Morgan fingerprint density at radius 1 is 1.08 bits per heavy atom. The third kappa shape index (κ3) is 5.79. The van der Waals surface area contributed by atoms with Crippen molar-refractivity contribution in [3.63, 3.8) is 0 Å². The van der Waals surface area contributed by atoms with Crippen LogP contribution in [0.5, 0.6) is 0 Å². The zero-order chi connectivity index (χ0) is 18.4. The molecule has 7 heteroatoms. The standard InChI is InChI=1S/C19H28F3N3S/c20-19(21,22)16-3-1-4-18(15-16)25-11-9-24(10-12-25)8-2-7-23-17-5-13-26-14-6-17/h1,3-4,15,17,23H,2,5-14H2. The number of anilines is 1. The third-order valence-corrected chi connectivity index (χ3v) is 6.27. The highest BCUT2D eigenvalue weighted by Gasteiger charge is 2.31. The Morgan fingerprint density at radius 2 is 1.81 bits per heavy atom. The van der Waals surface area contributed by atoms with Crippen molar-refractivity contribution >= 4 is 17.4 Å². The summed E-state index contributed by atoms with van der Waals surface area (Å²) in [6, 6.07) is 6.37. The Balaban J connectivity index is 1.37. The van der Waals surface area contributed by atoms with E-state index in [9.17, 15) is 13.2 Å². The molecular formula is C19H28F3N3S. The Hall–Kier alpha value is -0.920. The quantitative estimate of drug-likeness (QED) is 0.750. The van der Waals surface area contributed by atoms with E-state index in [1.54, 1.807) is 6.07 Å². The molecule has 1 aromatic carbocycles. The molecule has 2 fully saturated rings. The topological polar surface area (TPSA) is 18.5 Å². The molecule has 1 aromatic rings. The number of nitrogens with zero attached hydrogens (tertiary/aromatic N) is 2. The van der Waals surface area contributed by atoms with Gasteiger partial charge in [0.2, 0.25) is 0 Å². The summed E-state index contributed by atoms with van der Waals surface area (Å²) in [6.45, 7) is 5.52. The number of halogens is 3. The summed E-state index contributed by atoms with van der Waals surface area (Å²) in [5, 5.41) is 3.66. The number of hydrogen-bond acceptors (Lipinski definition) is 4. The highest BCUT2D eigenvalue weighted by Crippen LogP contribution is 2.31. The normalized spacial score (nSPS) is 20.5. The first-order chi connectivity index (χ1) is 12.5. The van der Waals surface area contributed by atoms with E-state index in [-0.39, 0.29) is 0 Å². The molecule has 146 valence electrons. The van der Waals surface area contributed by atoms with Gasteiger partial charge in [-0.15, -0.1) is 0 Å². The molecule has 2 aliphatic heterocycles. The van der Waals surface area contributed by atoms with E-state index in [0.717, 1.165) is 51.8 Å². The third-order valence-electron chi connectivity index (χ3n) is 5.22. The molecule has 0 atom stereocenters. The van der Waals surface area contributed by atoms with Crippen LogP contribution >= 0.6 is 11.8 Å². The highest BCUT2D eigenvalue weighted by atomic mass is 32.2. The second-order valence-electron chi connectivity index (χ2n) is 7.07. The van der Waals surface area contributed by atoms with Gasteiger partial charge in [-0.1, -0.05) is 6.07 Å². The zero-order valence-corrected chi connectivity index (χ0v) is 15.9. The summed E-state index contributed by atoms with van der Waals surface area (Å²) in [4.78, 5) is 4.48. The van der Waals surface area contributed by atoms with E-state index < -0.39 is 11.7 Å². The fraction of sp³-hybridized carbons (Fsp3) is 0.684. The Kier molecular flexibility index (Phi) is 7.12. The van der Waals surface area contributed by atoms with Crippen molar-refractivity contribution in [2.24, 2.45) is 0 Å². The summed E-state index contributed by atoms with van der Waals surface area (Å²) in [5.74, 6) is 2.55. The lowest BCUT2D eigenvalue weighted by atomic mass is 10.1. The van der Waals surface area contributed by atoms with Gasteiger partial charge in [-0.05, 0) is 62.1 Å². The second-order valence-corrected chi connectivity index (χ2v) is 8.30. The van der Waals surface area contributed by atoms with Crippen LogP contribution in [0.4, 0.5) is 18.9 Å².